The molecule has 0 aliphatic rings. The van der Waals surface area contributed by atoms with Gasteiger partial charge < -0.3 is 0 Å². The number of nitriles is 1. The second kappa shape index (κ2) is 4.38. The van der Waals surface area contributed by atoms with Gasteiger partial charge in [-0.25, -0.2) is 0 Å². The van der Waals surface area contributed by atoms with Crippen molar-refractivity contribution in [1.29, 1.82) is 5.26 Å². The largest absolute Gasteiger partial charge is 0.198 e. The molecular formula is C8H15N. The monoisotopic (exact) mass is 125 g/mol. The third-order valence-corrected chi connectivity index (χ3v) is 1.57. The third kappa shape index (κ3) is 3.13. The first-order valence-electron chi connectivity index (χ1n) is 3.62. The predicted octanol–water partition coefficient (Wildman–Crippen LogP) is 2.58. The minimum absolute atomic E-state index is 0.273. The Kier molecular flexibility index (Phi) is 4.13. The first-order chi connectivity index (χ1) is 4.22. The number of hydrogen-bond acceptors (Lipinski definition) is 1. The predicted molar refractivity (Wildman–Crippen MR) is 38.8 cm³/mol. The SMILES string of the molecule is CCCC(C#N)C(C)C. The van der Waals surface area contributed by atoms with Crippen LogP contribution >= 0.6 is 0 Å². The maximum absolute atomic E-state index is 8.58. The molecule has 0 N–H and O–H groups in total. The van der Waals surface area contributed by atoms with Crippen molar-refractivity contribution in [2.45, 2.75) is 33.6 Å². The van der Waals surface area contributed by atoms with Gasteiger partial charge >= 0.3 is 0 Å². The van der Waals surface area contributed by atoms with E-state index in [1.54, 1.807) is 0 Å². The quantitative estimate of drug-likeness (QED) is 0.568. The highest BCUT2D eigenvalue weighted by Gasteiger charge is 2.09. The molecule has 0 heterocycles. The van der Waals surface area contributed by atoms with Crippen LogP contribution in [-0.4, -0.2) is 0 Å². The van der Waals surface area contributed by atoms with Gasteiger partial charge in [0.2, 0.25) is 0 Å². The van der Waals surface area contributed by atoms with Gasteiger partial charge in [-0.2, -0.15) is 5.26 Å². The Morgan fingerprint density at radius 1 is 1.44 bits per heavy atom. The van der Waals surface area contributed by atoms with Crippen LogP contribution < -0.4 is 0 Å². The summed E-state index contributed by atoms with van der Waals surface area (Å²) < 4.78 is 0. The Labute approximate surface area is 57.7 Å². The van der Waals surface area contributed by atoms with Crippen LogP contribution in [0.4, 0.5) is 0 Å². The lowest BCUT2D eigenvalue weighted by Gasteiger charge is -2.09. The molecule has 1 unspecified atom stereocenters. The molecule has 0 aliphatic carbocycles. The average Bonchev–Trinajstić information content (AvgIpc) is 1.82. The van der Waals surface area contributed by atoms with Crippen molar-refractivity contribution < 1.29 is 0 Å². The van der Waals surface area contributed by atoms with E-state index in [1.807, 2.05) is 0 Å². The van der Waals surface area contributed by atoms with Gasteiger partial charge in [0.25, 0.3) is 0 Å². The maximum Gasteiger partial charge on any atom is 0.0658 e. The summed E-state index contributed by atoms with van der Waals surface area (Å²) in [5.41, 5.74) is 0. The van der Waals surface area contributed by atoms with E-state index in [4.69, 9.17) is 5.26 Å². The molecule has 0 saturated carbocycles. The Bertz CT molecular complexity index is 99.6. The number of hydrogen-bond donors (Lipinski definition) is 0. The molecule has 1 nitrogen and oxygen atoms in total. The zero-order chi connectivity index (χ0) is 7.28. The Morgan fingerprint density at radius 3 is 2.11 bits per heavy atom. The van der Waals surface area contributed by atoms with Gasteiger partial charge in [-0.1, -0.05) is 27.2 Å². The molecule has 0 saturated heterocycles. The van der Waals surface area contributed by atoms with E-state index in [0.717, 1.165) is 12.8 Å². The summed E-state index contributed by atoms with van der Waals surface area (Å²) in [6, 6.07) is 2.30. The molecule has 0 radical (unpaired) electrons. The van der Waals surface area contributed by atoms with Gasteiger partial charge in [-0.15, -0.1) is 0 Å². The van der Waals surface area contributed by atoms with Crippen LogP contribution in [0, 0.1) is 23.2 Å². The number of nitrogens with zero attached hydrogens (tertiary/aromatic N) is 1. The highest BCUT2D eigenvalue weighted by molar-refractivity contribution is 4.84. The lowest BCUT2D eigenvalue weighted by Crippen LogP contribution is -2.04. The van der Waals surface area contributed by atoms with E-state index in [2.05, 4.69) is 26.8 Å². The lowest BCUT2D eigenvalue weighted by atomic mass is 9.93. The van der Waals surface area contributed by atoms with Crippen LogP contribution in [-0.2, 0) is 0 Å². The van der Waals surface area contributed by atoms with E-state index < -0.39 is 0 Å². The van der Waals surface area contributed by atoms with Crippen LogP contribution in [0.2, 0.25) is 0 Å². The van der Waals surface area contributed by atoms with E-state index in [9.17, 15) is 0 Å². The molecule has 52 valence electrons. The minimum Gasteiger partial charge on any atom is -0.198 e. The fraction of sp³-hybridized carbons (Fsp3) is 0.875. The summed E-state index contributed by atoms with van der Waals surface area (Å²) in [5, 5.41) is 8.58. The molecule has 0 fully saturated rings. The highest BCUT2D eigenvalue weighted by Crippen LogP contribution is 2.14. The summed E-state index contributed by atoms with van der Waals surface area (Å²) >= 11 is 0. The van der Waals surface area contributed by atoms with E-state index in [0.29, 0.717) is 5.92 Å². The fourth-order valence-electron chi connectivity index (χ4n) is 0.858. The Balaban J connectivity index is 3.58. The van der Waals surface area contributed by atoms with Crippen LogP contribution in [0.25, 0.3) is 0 Å². The summed E-state index contributed by atoms with van der Waals surface area (Å²) in [7, 11) is 0. The summed E-state index contributed by atoms with van der Waals surface area (Å²) in [6.07, 6.45) is 2.17. The maximum atomic E-state index is 8.58. The minimum atomic E-state index is 0.273. The lowest BCUT2D eigenvalue weighted by molar-refractivity contribution is 0.442. The zero-order valence-electron chi connectivity index (χ0n) is 6.52. The van der Waals surface area contributed by atoms with E-state index in [1.165, 1.54) is 0 Å². The molecule has 0 aliphatic heterocycles. The van der Waals surface area contributed by atoms with Gasteiger partial charge in [0, 0.05) is 5.92 Å². The van der Waals surface area contributed by atoms with E-state index in [-0.39, 0.29) is 5.92 Å². The van der Waals surface area contributed by atoms with Gasteiger partial charge in [0.15, 0.2) is 0 Å². The Morgan fingerprint density at radius 2 is 2.00 bits per heavy atom. The van der Waals surface area contributed by atoms with Crippen molar-refractivity contribution in [2.24, 2.45) is 11.8 Å². The molecule has 0 bridgehead atoms. The Hall–Kier alpha value is -0.510. The van der Waals surface area contributed by atoms with Gasteiger partial charge in [0.05, 0.1) is 6.07 Å². The first kappa shape index (κ1) is 8.49. The average molecular weight is 125 g/mol. The van der Waals surface area contributed by atoms with Gasteiger partial charge in [0.1, 0.15) is 0 Å². The molecule has 1 atom stereocenters. The molecule has 1 heteroatoms. The molecule has 0 aromatic heterocycles. The fourth-order valence-corrected chi connectivity index (χ4v) is 0.858. The van der Waals surface area contributed by atoms with Crippen LogP contribution in [0.5, 0.6) is 0 Å². The zero-order valence-corrected chi connectivity index (χ0v) is 6.52. The molecule has 0 aromatic rings. The third-order valence-electron chi connectivity index (χ3n) is 1.57. The van der Waals surface area contributed by atoms with Crippen LogP contribution in [0.3, 0.4) is 0 Å². The van der Waals surface area contributed by atoms with Gasteiger partial charge in [-0.05, 0) is 12.3 Å². The second-order valence-electron chi connectivity index (χ2n) is 2.77. The molecule has 0 rings (SSSR count). The molecular weight excluding hydrogens is 110 g/mol. The summed E-state index contributed by atoms with van der Waals surface area (Å²) in [6.45, 7) is 6.32. The van der Waals surface area contributed by atoms with Crippen molar-refractivity contribution in [3.05, 3.63) is 0 Å². The van der Waals surface area contributed by atoms with Crippen molar-refractivity contribution in [3.8, 4) is 6.07 Å². The van der Waals surface area contributed by atoms with Crippen molar-refractivity contribution in [1.82, 2.24) is 0 Å². The smallest absolute Gasteiger partial charge is 0.0658 e. The van der Waals surface area contributed by atoms with E-state index >= 15 is 0 Å². The molecule has 0 spiro atoms. The number of rotatable bonds is 3. The van der Waals surface area contributed by atoms with Crippen LogP contribution in [0.15, 0.2) is 0 Å². The van der Waals surface area contributed by atoms with Crippen molar-refractivity contribution >= 4 is 0 Å². The molecule has 0 amide bonds. The van der Waals surface area contributed by atoms with Crippen molar-refractivity contribution in [3.63, 3.8) is 0 Å². The standard InChI is InChI=1S/C8H15N/c1-4-5-8(6-9)7(2)3/h7-8H,4-5H2,1-3H3. The van der Waals surface area contributed by atoms with Gasteiger partial charge in [-0.3, -0.25) is 0 Å². The molecule has 9 heavy (non-hydrogen) atoms. The highest BCUT2D eigenvalue weighted by atomic mass is 14.3. The topological polar surface area (TPSA) is 23.8 Å². The second-order valence-corrected chi connectivity index (χ2v) is 2.77. The molecule has 0 aromatic carbocycles. The first-order valence-corrected chi connectivity index (χ1v) is 3.62. The van der Waals surface area contributed by atoms with Crippen molar-refractivity contribution in [2.75, 3.05) is 0 Å². The summed E-state index contributed by atoms with van der Waals surface area (Å²) in [4.78, 5) is 0. The normalized spacial score (nSPS) is 13.2. The van der Waals surface area contributed by atoms with Crippen LogP contribution in [0.1, 0.15) is 33.6 Å². The summed E-state index contributed by atoms with van der Waals surface area (Å²) in [5.74, 6) is 0.796.